The lowest BCUT2D eigenvalue weighted by Gasteiger charge is -2.00. The Hall–Kier alpha value is -2.78. The number of carbonyl (C=O) groups is 1. The summed E-state index contributed by atoms with van der Waals surface area (Å²) in [5, 5.41) is 9.34. The van der Waals surface area contributed by atoms with Gasteiger partial charge < -0.3 is 0 Å². The molecule has 0 spiro atoms. The molecule has 0 radical (unpaired) electrons. The van der Waals surface area contributed by atoms with Crippen molar-refractivity contribution in [2.45, 2.75) is 13.8 Å². The van der Waals surface area contributed by atoms with E-state index in [2.05, 4.69) is 4.98 Å². The molecule has 4 nitrogen and oxygen atoms in total. The molecular weight excluding hydrogens is 313 g/mol. The molecule has 0 aliphatic heterocycles. The molecule has 0 unspecified atom stereocenters. The predicted molar refractivity (Wildman–Crippen MR) is 86.9 cm³/mol. The third kappa shape index (κ3) is 2.79. The summed E-state index contributed by atoms with van der Waals surface area (Å²) in [4.78, 5) is 18.8. The van der Waals surface area contributed by atoms with E-state index in [1.165, 1.54) is 30.3 Å². The lowest BCUT2D eigenvalue weighted by atomic mass is 10.0. The van der Waals surface area contributed by atoms with Crippen molar-refractivity contribution in [3.8, 4) is 6.07 Å². The lowest BCUT2D eigenvalue weighted by Crippen LogP contribution is -2.02. The average Bonchev–Trinajstić information content (AvgIpc) is 3.00. The first-order valence-electron chi connectivity index (χ1n) is 6.86. The van der Waals surface area contributed by atoms with Crippen LogP contribution in [0.1, 0.15) is 26.6 Å². The molecule has 0 bridgehead atoms. The van der Waals surface area contributed by atoms with Crippen LogP contribution in [0.15, 0.2) is 36.0 Å². The van der Waals surface area contributed by atoms with Crippen LogP contribution in [-0.4, -0.2) is 15.2 Å². The standard InChI is InChI=1S/C17H12FN3OS/c1-10-9-21-15(11(2)20-17(21)23-10)7-13(8-19)16(22)12-3-5-14(18)6-4-12/h3-7,9H,1-2H3/b13-7-. The van der Waals surface area contributed by atoms with Gasteiger partial charge >= 0.3 is 0 Å². The minimum Gasteiger partial charge on any atom is -0.290 e. The van der Waals surface area contributed by atoms with Gasteiger partial charge in [0.05, 0.1) is 11.4 Å². The van der Waals surface area contributed by atoms with Crippen LogP contribution in [-0.2, 0) is 0 Å². The molecule has 0 fully saturated rings. The van der Waals surface area contributed by atoms with E-state index in [-0.39, 0.29) is 11.1 Å². The van der Waals surface area contributed by atoms with Crippen molar-refractivity contribution < 1.29 is 9.18 Å². The van der Waals surface area contributed by atoms with Crippen molar-refractivity contribution in [3.63, 3.8) is 0 Å². The van der Waals surface area contributed by atoms with Crippen LogP contribution in [0.4, 0.5) is 4.39 Å². The molecule has 0 N–H and O–H groups in total. The molecule has 2 heterocycles. The quantitative estimate of drug-likeness (QED) is 0.416. The number of thiazole rings is 1. The first-order valence-corrected chi connectivity index (χ1v) is 7.68. The number of hydrogen-bond acceptors (Lipinski definition) is 4. The highest BCUT2D eigenvalue weighted by Gasteiger charge is 2.15. The van der Waals surface area contributed by atoms with Crippen molar-refractivity contribution >= 4 is 28.2 Å². The first kappa shape index (κ1) is 15.1. The summed E-state index contributed by atoms with van der Waals surface area (Å²) in [7, 11) is 0. The van der Waals surface area contributed by atoms with Crippen LogP contribution in [0.2, 0.25) is 0 Å². The van der Waals surface area contributed by atoms with Crippen molar-refractivity contribution in [3.05, 3.63) is 63.7 Å². The molecule has 0 aliphatic carbocycles. The zero-order chi connectivity index (χ0) is 16.6. The van der Waals surface area contributed by atoms with Crippen molar-refractivity contribution in [2.75, 3.05) is 0 Å². The Morgan fingerprint density at radius 2 is 2.04 bits per heavy atom. The van der Waals surface area contributed by atoms with Crippen LogP contribution in [0.25, 0.3) is 11.0 Å². The molecule has 2 aromatic heterocycles. The minimum absolute atomic E-state index is 0.00892. The topological polar surface area (TPSA) is 58.2 Å². The first-order chi connectivity index (χ1) is 11.0. The lowest BCUT2D eigenvalue weighted by molar-refractivity contribution is 0.104. The second-order valence-electron chi connectivity index (χ2n) is 5.08. The van der Waals surface area contributed by atoms with Gasteiger partial charge in [0.1, 0.15) is 17.5 Å². The van der Waals surface area contributed by atoms with E-state index in [1.807, 2.05) is 30.5 Å². The van der Waals surface area contributed by atoms with Crippen LogP contribution in [0.3, 0.4) is 0 Å². The zero-order valence-electron chi connectivity index (χ0n) is 12.5. The fourth-order valence-corrected chi connectivity index (χ4v) is 3.18. The Morgan fingerprint density at radius 1 is 1.35 bits per heavy atom. The maximum Gasteiger partial charge on any atom is 0.203 e. The maximum absolute atomic E-state index is 13.0. The third-order valence-corrected chi connectivity index (χ3v) is 4.31. The summed E-state index contributed by atoms with van der Waals surface area (Å²) < 4.78 is 14.8. The second kappa shape index (κ2) is 5.78. The summed E-state index contributed by atoms with van der Waals surface area (Å²) in [5.74, 6) is -0.861. The molecule has 1 aromatic carbocycles. The molecule has 114 valence electrons. The van der Waals surface area contributed by atoms with Gasteiger partial charge in [0, 0.05) is 16.6 Å². The Bertz CT molecular complexity index is 974. The fourth-order valence-electron chi connectivity index (χ4n) is 2.30. The van der Waals surface area contributed by atoms with Gasteiger partial charge in [-0.2, -0.15) is 5.26 Å². The predicted octanol–water partition coefficient (Wildman–Crippen LogP) is 3.94. The van der Waals surface area contributed by atoms with Gasteiger partial charge in [-0.25, -0.2) is 9.37 Å². The smallest absolute Gasteiger partial charge is 0.203 e. The van der Waals surface area contributed by atoms with Crippen molar-refractivity contribution in [1.82, 2.24) is 9.38 Å². The van der Waals surface area contributed by atoms with Crippen LogP contribution in [0.5, 0.6) is 0 Å². The van der Waals surface area contributed by atoms with E-state index in [0.717, 1.165) is 15.5 Å². The largest absolute Gasteiger partial charge is 0.290 e. The number of nitrogens with zero attached hydrogens (tertiary/aromatic N) is 3. The Morgan fingerprint density at radius 3 is 2.70 bits per heavy atom. The summed E-state index contributed by atoms with van der Waals surface area (Å²) in [5.41, 5.74) is 1.72. The van der Waals surface area contributed by atoms with Gasteiger partial charge in [0.25, 0.3) is 0 Å². The Kier molecular flexibility index (Phi) is 3.80. The third-order valence-electron chi connectivity index (χ3n) is 3.42. The summed E-state index contributed by atoms with van der Waals surface area (Å²) >= 11 is 1.54. The van der Waals surface area contributed by atoms with E-state index >= 15 is 0 Å². The Labute approximate surface area is 136 Å². The van der Waals surface area contributed by atoms with Gasteiger partial charge in [-0.15, -0.1) is 11.3 Å². The highest BCUT2D eigenvalue weighted by molar-refractivity contribution is 7.17. The number of allylic oxidation sites excluding steroid dienone is 1. The van der Waals surface area contributed by atoms with Gasteiger partial charge in [-0.05, 0) is 44.2 Å². The van der Waals surface area contributed by atoms with Crippen molar-refractivity contribution in [1.29, 1.82) is 5.26 Å². The highest BCUT2D eigenvalue weighted by atomic mass is 32.1. The number of nitriles is 1. The number of imidazole rings is 1. The number of fused-ring (bicyclic) bond motifs is 1. The highest BCUT2D eigenvalue weighted by Crippen LogP contribution is 2.23. The van der Waals surface area contributed by atoms with Gasteiger partial charge in [-0.1, -0.05) is 0 Å². The summed E-state index contributed by atoms with van der Waals surface area (Å²) in [6.07, 6.45) is 3.45. The van der Waals surface area contributed by atoms with E-state index in [1.54, 1.807) is 11.3 Å². The average molecular weight is 325 g/mol. The molecule has 6 heteroatoms. The number of hydrogen-bond donors (Lipinski definition) is 0. The van der Waals surface area contributed by atoms with E-state index in [0.29, 0.717) is 5.69 Å². The molecule has 3 aromatic rings. The molecule has 0 amide bonds. The molecule has 0 saturated carbocycles. The van der Waals surface area contributed by atoms with E-state index < -0.39 is 11.6 Å². The molecule has 0 atom stereocenters. The van der Waals surface area contributed by atoms with Gasteiger partial charge in [0.2, 0.25) is 5.78 Å². The zero-order valence-corrected chi connectivity index (χ0v) is 13.3. The number of ketones is 1. The fraction of sp³-hybridized carbons (Fsp3) is 0.118. The second-order valence-corrected chi connectivity index (χ2v) is 6.30. The van der Waals surface area contributed by atoms with Gasteiger partial charge in [-0.3, -0.25) is 9.20 Å². The number of aryl methyl sites for hydroxylation is 2. The number of carbonyl (C=O) groups excluding carboxylic acids is 1. The SMILES string of the molecule is Cc1cn2c(/C=C(/C#N)C(=O)c3ccc(F)cc3)c(C)nc2s1. The molecule has 0 saturated heterocycles. The monoisotopic (exact) mass is 325 g/mol. The molecule has 3 rings (SSSR count). The molecule has 23 heavy (non-hydrogen) atoms. The number of rotatable bonds is 3. The number of halogens is 1. The van der Waals surface area contributed by atoms with Crippen LogP contribution < -0.4 is 0 Å². The van der Waals surface area contributed by atoms with Crippen LogP contribution in [0, 0.1) is 31.0 Å². The minimum atomic E-state index is -0.436. The Balaban J connectivity index is 2.07. The van der Waals surface area contributed by atoms with Crippen molar-refractivity contribution in [2.24, 2.45) is 0 Å². The van der Waals surface area contributed by atoms with E-state index in [9.17, 15) is 14.4 Å². The molecule has 0 aliphatic rings. The normalized spacial score (nSPS) is 11.7. The molecular formula is C17H12FN3OS. The number of aromatic nitrogens is 2. The van der Waals surface area contributed by atoms with Crippen LogP contribution >= 0.6 is 11.3 Å². The number of Topliss-reactive ketones (excluding diaryl/α,β-unsaturated/α-hetero) is 1. The summed E-state index contributed by atoms with van der Waals surface area (Å²) in [6.45, 7) is 3.80. The number of benzene rings is 1. The maximum atomic E-state index is 13.0. The summed E-state index contributed by atoms with van der Waals surface area (Å²) in [6, 6.07) is 7.08. The van der Waals surface area contributed by atoms with E-state index in [4.69, 9.17) is 0 Å². The van der Waals surface area contributed by atoms with Gasteiger partial charge in [0.15, 0.2) is 4.96 Å².